The van der Waals surface area contributed by atoms with Crippen molar-refractivity contribution in [2.24, 2.45) is 0 Å². The highest BCUT2D eigenvalue weighted by molar-refractivity contribution is 4.86. The second-order valence-corrected chi connectivity index (χ2v) is 2.02. The average Bonchev–Trinajstić information content (AvgIpc) is 2.33. The molecule has 3 nitrogen and oxygen atoms in total. The summed E-state index contributed by atoms with van der Waals surface area (Å²) < 4.78 is 1.88. The summed E-state index contributed by atoms with van der Waals surface area (Å²) in [6.07, 6.45) is 0. The molecular formula is C8H17N3. The van der Waals surface area contributed by atoms with Gasteiger partial charge in [-0.3, -0.25) is 4.68 Å². The molecule has 0 atom stereocenters. The molecule has 0 saturated carbocycles. The lowest BCUT2D eigenvalue weighted by Gasteiger charge is -1.92. The number of aromatic nitrogens is 3. The van der Waals surface area contributed by atoms with Gasteiger partial charge in [-0.05, 0) is 20.8 Å². The summed E-state index contributed by atoms with van der Waals surface area (Å²) in [6.45, 7) is 10.8. The van der Waals surface area contributed by atoms with Gasteiger partial charge >= 0.3 is 0 Å². The first kappa shape index (κ1) is 10.1. The van der Waals surface area contributed by atoms with Crippen molar-refractivity contribution < 1.29 is 0 Å². The van der Waals surface area contributed by atoms with Crippen molar-refractivity contribution in [3.05, 3.63) is 11.6 Å². The first-order valence-electron chi connectivity index (χ1n) is 4.12. The highest BCUT2D eigenvalue weighted by atomic mass is 15.3. The van der Waals surface area contributed by atoms with E-state index in [9.17, 15) is 0 Å². The minimum absolute atomic E-state index is 0.856. The molecule has 1 rings (SSSR count). The van der Waals surface area contributed by atoms with Gasteiger partial charge in [0.25, 0.3) is 0 Å². The molecule has 0 fully saturated rings. The van der Waals surface area contributed by atoms with Gasteiger partial charge in [-0.15, -0.1) is 0 Å². The van der Waals surface area contributed by atoms with Crippen LogP contribution in [-0.4, -0.2) is 14.8 Å². The number of aryl methyl sites for hydroxylation is 3. The summed E-state index contributed by atoms with van der Waals surface area (Å²) in [7, 11) is 0. The van der Waals surface area contributed by atoms with E-state index in [2.05, 4.69) is 17.0 Å². The van der Waals surface area contributed by atoms with Crippen LogP contribution in [0.4, 0.5) is 0 Å². The fraction of sp³-hybridized carbons (Fsp3) is 0.750. The van der Waals surface area contributed by atoms with Crippen molar-refractivity contribution in [2.45, 2.75) is 41.2 Å². The Balaban J connectivity index is 0.000000461. The fourth-order valence-electron chi connectivity index (χ4n) is 0.861. The van der Waals surface area contributed by atoms with Gasteiger partial charge in [-0.1, -0.05) is 13.8 Å². The van der Waals surface area contributed by atoms with Crippen LogP contribution in [0.25, 0.3) is 0 Å². The predicted molar refractivity (Wildman–Crippen MR) is 46.5 cm³/mol. The summed E-state index contributed by atoms with van der Waals surface area (Å²) in [6, 6.07) is 0. The average molecular weight is 155 g/mol. The molecule has 3 heteroatoms. The van der Waals surface area contributed by atoms with Gasteiger partial charge in [-0.25, -0.2) is 4.98 Å². The number of rotatable bonds is 1. The predicted octanol–water partition coefficient (Wildman–Crippen LogP) is 1.94. The molecule has 1 heterocycles. The van der Waals surface area contributed by atoms with Crippen LogP contribution >= 0.6 is 0 Å². The van der Waals surface area contributed by atoms with Gasteiger partial charge in [0.05, 0.1) is 0 Å². The maximum absolute atomic E-state index is 4.13. The van der Waals surface area contributed by atoms with Crippen LogP contribution in [0.5, 0.6) is 0 Å². The molecule has 0 aliphatic rings. The molecule has 1 aromatic heterocycles. The third-order valence-electron chi connectivity index (χ3n) is 1.26. The second-order valence-electron chi connectivity index (χ2n) is 2.02. The summed E-state index contributed by atoms with van der Waals surface area (Å²) >= 11 is 0. The summed E-state index contributed by atoms with van der Waals surface area (Å²) in [4.78, 5) is 4.13. The smallest absolute Gasteiger partial charge is 0.147 e. The Morgan fingerprint density at radius 1 is 1.27 bits per heavy atom. The van der Waals surface area contributed by atoms with E-state index in [0.717, 1.165) is 18.2 Å². The Hall–Kier alpha value is -0.860. The molecule has 0 spiro atoms. The standard InChI is InChI=1S/C6H11N3.C2H6/c1-4-9-6(3)7-5(2)8-9;1-2/h4H2,1-3H3;1-2H3. The maximum atomic E-state index is 4.13. The summed E-state index contributed by atoms with van der Waals surface area (Å²) in [5.41, 5.74) is 0. The highest BCUT2D eigenvalue weighted by Gasteiger charge is 1.96. The van der Waals surface area contributed by atoms with Crippen LogP contribution in [0.3, 0.4) is 0 Å². The largest absolute Gasteiger partial charge is 0.250 e. The number of hydrogen-bond acceptors (Lipinski definition) is 2. The Kier molecular flexibility index (Phi) is 4.50. The van der Waals surface area contributed by atoms with E-state index in [0.29, 0.717) is 0 Å². The first-order chi connectivity index (χ1) is 5.24. The maximum Gasteiger partial charge on any atom is 0.147 e. The Morgan fingerprint density at radius 2 is 1.82 bits per heavy atom. The van der Waals surface area contributed by atoms with Crippen LogP contribution in [0.15, 0.2) is 0 Å². The van der Waals surface area contributed by atoms with Gasteiger partial charge in [0.1, 0.15) is 11.6 Å². The zero-order valence-corrected chi connectivity index (χ0v) is 8.05. The topological polar surface area (TPSA) is 30.7 Å². The number of nitrogens with zero attached hydrogens (tertiary/aromatic N) is 3. The molecule has 0 N–H and O–H groups in total. The highest BCUT2D eigenvalue weighted by Crippen LogP contribution is 1.93. The lowest BCUT2D eigenvalue weighted by atomic mass is 10.6. The minimum atomic E-state index is 0.856. The monoisotopic (exact) mass is 155 g/mol. The molecule has 64 valence electrons. The zero-order valence-electron chi connectivity index (χ0n) is 8.05. The molecule has 0 aromatic carbocycles. The molecule has 0 bridgehead atoms. The van der Waals surface area contributed by atoms with Crippen molar-refractivity contribution in [1.29, 1.82) is 0 Å². The SMILES string of the molecule is CC.CCn1nc(C)nc1C. The van der Waals surface area contributed by atoms with Gasteiger partial charge in [0, 0.05) is 6.54 Å². The second kappa shape index (κ2) is 4.88. The molecule has 11 heavy (non-hydrogen) atoms. The van der Waals surface area contributed by atoms with Crippen LogP contribution in [0.1, 0.15) is 32.4 Å². The molecule has 0 unspecified atom stereocenters. The van der Waals surface area contributed by atoms with E-state index in [-0.39, 0.29) is 0 Å². The van der Waals surface area contributed by atoms with Gasteiger partial charge in [0.15, 0.2) is 0 Å². The van der Waals surface area contributed by atoms with Crippen molar-refractivity contribution >= 4 is 0 Å². The quantitative estimate of drug-likeness (QED) is 0.620. The Morgan fingerprint density at radius 3 is 2.00 bits per heavy atom. The van der Waals surface area contributed by atoms with Crippen molar-refractivity contribution in [1.82, 2.24) is 14.8 Å². The lowest BCUT2D eigenvalue weighted by molar-refractivity contribution is 0.631. The first-order valence-corrected chi connectivity index (χ1v) is 4.12. The molecule has 1 aromatic rings. The lowest BCUT2D eigenvalue weighted by Crippen LogP contribution is -1.98. The van der Waals surface area contributed by atoms with Crippen molar-refractivity contribution in [3.8, 4) is 0 Å². The molecule has 0 saturated heterocycles. The summed E-state index contributed by atoms with van der Waals surface area (Å²) in [5.74, 6) is 1.85. The van der Waals surface area contributed by atoms with Crippen molar-refractivity contribution in [2.75, 3.05) is 0 Å². The van der Waals surface area contributed by atoms with Crippen LogP contribution in [0, 0.1) is 13.8 Å². The van der Waals surface area contributed by atoms with Crippen LogP contribution in [-0.2, 0) is 6.54 Å². The van der Waals surface area contributed by atoms with E-state index in [1.807, 2.05) is 32.4 Å². The van der Waals surface area contributed by atoms with E-state index in [1.165, 1.54) is 0 Å². The minimum Gasteiger partial charge on any atom is -0.250 e. The molecule has 0 aliphatic carbocycles. The molecule has 0 amide bonds. The van der Waals surface area contributed by atoms with E-state index < -0.39 is 0 Å². The molecular weight excluding hydrogens is 138 g/mol. The van der Waals surface area contributed by atoms with Gasteiger partial charge in [-0.2, -0.15) is 5.10 Å². The Labute approximate surface area is 68.5 Å². The zero-order chi connectivity index (χ0) is 8.85. The molecule has 0 radical (unpaired) electrons. The molecule has 0 aliphatic heterocycles. The van der Waals surface area contributed by atoms with E-state index in [4.69, 9.17) is 0 Å². The third-order valence-corrected chi connectivity index (χ3v) is 1.26. The van der Waals surface area contributed by atoms with Crippen LogP contribution in [0.2, 0.25) is 0 Å². The fourth-order valence-corrected chi connectivity index (χ4v) is 0.861. The van der Waals surface area contributed by atoms with Gasteiger partial charge in [0.2, 0.25) is 0 Å². The summed E-state index contributed by atoms with van der Waals surface area (Å²) in [5, 5.41) is 4.13. The third kappa shape index (κ3) is 2.70. The Bertz CT molecular complexity index is 203. The van der Waals surface area contributed by atoms with E-state index in [1.54, 1.807) is 0 Å². The number of hydrogen-bond donors (Lipinski definition) is 0. The van der Waals surface area contributed by atoms with Crippen LogP contribution < -0.4 is 0 Å². The normalized spacial score (nSPS) is 8.82. The van der Waals surface area contributed by atoms with Gasteiger partial charge < -0.3 is 0 Å². The van der Waals surface area contributed by atoms with Crippen molar-refractivity contribution in [3.63, 3.8) is 0 Å². The van der Waals surface area contributed by atoms with E-state index >= 15 is 0 Å².